The molecule has 1 unspecified atom stereocenters. The highest BCUT2D eigenvalue weighted by Crippen LogP contribution is 2.41. The van der Waals surface area contributed by atoms with Crippen LogP contribution in [-0.4, -0.2) is 18.8 Å². The lowest BCUT2D eigenvalue weighted by Gasteiger charge is -2.28. The number of allylic oxidation sites excluding steroid dienone is 2. The molecular weight excluding hydrogens is 472 g/mol. The first-order valence-corrected chi connectivity index (χ1v) is 12.0. The highest BCUT2D eigenvalue weighted by Gasteiger charge is 2.27. The number of benzene rings is 2. The van der Waals surface area contributed by atoms with E-state index in [0.717, 1.165) is 32.3 Å². The lowest BCUT2D eigenvalue weighted by molar-refractivity contribution is 0.242. The predicted molar refractivity (Wildman–Crippen MR) is 118 cm³/mol. The van der Waals surface area contributed by atoms with E-state index in [1.807, 2.05) is 30.3 Å². The van der Waals surface area contributed by atoms with Crippen molar-refractivity contribution in [3.05, 3.63) is 82.7 Å². The molecule has 0 saturated heterocycles. The van der Waals surface area contributed by atoms with E-state index in [1.54, 1.807) is 24.5 Å². The maximum atomic E-state index is 13.0. The van der Waals surface area contributed by atoms with Crippen LogP contribution in [0.15, 0.2) is 86.9 Å². The van der Waals surface area contributed by atoms with Crippen molar-refractivity contribution < 1.29 is 13.2 Å². The average Bonchev–Trinajstić information content (AvgIpc) is 2.71. The Kier molecular flexibility index (Phi) is 4.64. The molecule has 1 aromatic heterocycles. The first-order valence-electron chi connectivity index (χ1n) is 8.87. The number of sulfonamides is 1. The number of ether oxygens (including phenoxy) is 1. The van der Waals surface area contributed by atoms with Gasteiger partial charge in [0, 0.05) is 14.8 Å². The molecule has 0 aliphatic carbocycles. The van der Waals surface area contributed by atoms with Crippen molar-refractivity contribution >= 4 is 54.3 Å². The summed E-state index contributed by atoms with van der Waals surface area (Å²) >= 11 is 4.99. The van der Waals surface area contributed by atoms with Crippen LogP contribution in [0.5, 0.6) is 0 Å². The largest absolute Gasteiger partial charge is 0.483 e. The van der Waals surface area contributed by atoms with Crippen molar-refractivity contribution in [2.75, 3.05) is 4.72 Å². The summed E-state index contributed by atoms with van der Waals surface area (Å²) in [4.78, 5) is 5.51. The van der Waals surface area contributed by atoms with Crippen LogP contribution >= 0.6 is 27.7 Å². The van der Waals surface area contributed by atoms with Crippen molar-refractivity contribution in [1.29, 1.82) is 0 Å². The Hall–Kier alpha value is -2.29. The van der Waals surface area contributed by atoms with E-state index in [0.29, 0.717) is 5.69 Å². The number of thioether (sulfide) groups is 1. The summed E-state index contributed by atoms with van der Waals surface area (Å²) in [6.45, 7) is 0. The van der Waals surface area contributed by atoms with Gasteiger partial charge in [0.1, 0.15) is 0 Å². The minimum absolute atomic E-state index is 0.0958. The molecule has 0 fully saturated rings. The van der Waals surface area contributed by atoms with Gasteiger partial charge < -0.3 is 4.74 Å². The fourth-order valence-electron chi connectivity index (χ4n) is 3.38. The van der Waals surface area contributed by atoms with E-state index in [2.05, 4.69) is 31.7 Å². The van der Waals surface area contributed by atoms with E-state index >= 15 is 0 Å². The quantitative estimate of drug-likeness (QED) is 0.547. The number of nitrogens with one attached hydrogen (secondary N) is 1. The molecule has 2 aliphatic rings. The lowest BCUT2D eigenvalue weighted by Crippen LogP contribution is -2.19. The van der Waals surface area contributed by atoms with Crippen LogP contribution in [0.1, 0.15) is 5.56 Å². The zero-order valence-electron chi connectivity index (χ0n) is 15.0. The van der Waals surface area contributed by atoms with Crippen LogP contribution in [0.25, 0.3) is 10.9 Å². The standard InChI is InChI=1S/C21H15BrN2O3S2/c22-18-5-1-3-14-10-16(12-23-20(14)18)24-29(25,26)17-7-6-13-9-15-4-2-8-27-21(15)28-19(13)11-17/h1-8,10-12,21,24H,9H2. The van der Waals surface area contributed by atoms with Crippen LogP contribution in [-0.2, 0) is 21.2 Å². The molecule has 5 rings (SSSR count). The fourth-order valence-corrected chi connectivity index (χ4v) is 6.15. The van der Waals surface area contributed by atoms with E-state index in [-0.39, 0.29) is 10.3 Å². The summed E-state index contributed by atoms with van der Waals surface area (Å²) in [6, 6.07) is 12.7. The number of para-hydroxylation sites is 1. The second-order valence-corrected chi connectivity index (χ2v) is 10.4. The molecule has 0 saturated carbocycles. The van der Waals surface area contributed by atoms with Gasteiger partial charge in [-0.1, -0.05) is 36.0 Å². The zero-order chi connectivity index (χ0) is 20.0. The van der Waals surface area contributed by atoms with E-state index < -0.39 is 10.0 Å². The van der Waals surface area contributed by atoms with E-state index in [4.69, 9.17) is 4.74 Å². The minimum Gasteiger partial charge on any atom is -0.483 e. The van der Waals surface area contributed by atoms with E-state index in [9.17, 15) is 8.42 Å². The molecule has 5 nitrogen and oxygen atoms in total. The number of rotatable bonds is 3. The van der Waals surface area contributed by atoms with Crippen LogP contribution in [0, 0.1) is 0 Å². The Morgan fingerprint density at radius 2 is 2.10 bits per heavy atom. The third-order valence-corrected chi connectivity index (χ3v) is 8.07. The molecule has 2 aromatic carbocycles. The maximum Gasteiger partial charge on any atom is 0.261 e. The molecule has 0 bridgehead atoms. The molecule has 146 valence electrons. The molecule has 0 radical (unpaired) electrons. The van der Waals surface area contributed by atoms with Crippen LogP contribution in [0.4, 0.5) is 5.69 Å². The second-order valence-electron chi connectivity index (χ2n) is 6.74. The Labute approximate surface area is 181 Å². The van der Waals surface area contributed by atoms with Gasteiger partial charge in [-0.05, 0) is 63.8 Å². The Morgan fingerprint density at radius 3 is 3.00 bits per heavy atom. The van der Waals surface area contributed by atoms with Crippen LogP contribution in [0.2, 0.25) is 0 Å². The Balaban J connectivity index is 1.45. The van der Waals surface area contributed by atoms with Crippen molar-refractivity contribution in [3.8, 4) is 0 Å². The number of pyridine rings is 1. The lowest BCUT2D eigenvalue weighted by atomic mass is 10.0. The summed E-state index contributed by atoms with van der Waals surface area (Å²) in [6.07, 6.45) is 7.89. The topological polar surface area (TPSA) is 68.3 Å². The average molecular weight is 487 g/mol. The van der Waals surface area contributed by atoms with Crippen molar-refractivity contribution in [3.63, 3.8) is 0 Å². The number of nitrogens with zero attached hydrogens (tertiary/aromatic N) is 1. The third kappa shape index (κ3) is 3.56. The molecule has 3 aromatic rings. The molecular formula is C21H15BrN2O3S2. The molecule has 29 heavy (non-hydrogen) atoms. The van der Waals surface area contributed by atoms with Gasteiger partial charge in [-0.3, -0.25) is 9.71 Å². The highest BCUT2D eigenvalue weighted by molar-refractivity contribution is 9.10. The van der Waals surface area contributed by atoms with E-state index in [1.165, 1.54) is 23.5 Å². The number of halogens is 1. The summed E-state index contributed by atoms with van der Waals surface area (Å²) < 4.78 is 35.1. The highest BCUT2D eigenvalue weighted by atomic mass is 79.9. The number of hydrogen-bond acceptors (Lipinski definition) is 5. The molecule has 3 heterocycles. The SMILES string of the molecule is O=S(=O)(Nc1cnc2c(Br)cccc2c1)c1ccc2c(c1)SC1OC=CC=C1C2. The number of fused-ring (bicyclic) bond motifs is 3. The Bertz CT molecular complexity index is 1300. The Morgan fingerprint density at radius 1 is 1.21 bits per heavy atom. The normalized spacial score (nSPS) is 17.8. The fraction of sp³-hybridized carbons (Fsp3) is 0.0952. The van der Waals surface area contributed by atoms with Crippen LogP contribution < -0.4 is 4.72 Å². The summed E-state index contributed by atoms with van der Waals surface area (Å²) in [5.74, 6) is 0. The van der Waals surface area contributed by atoms with Crippen molar-refractivity contribution in [1.82, 2.24) is 4.98 Å². The summed E-state index contributed by atoms with van der Waals surface area (Å²) in [5.41, 5.74) is 3.40. The number of aromatic nitrogens is 1. The molecule has 1 N–H and O–H groups in total. The van der Waals surface area contributed by atoms with Crippen molar-refractivity contribution in [2.45, 2.75) is 21.6 Å². The summed E-state index contributed by atoms with van der Waals surface area (Å²) in [5, 5.41) is 0.849. The van der Waals surface area contributed by atoms with Gasteiger partial charge in [-0.15, -0.1) is 0 Å². The molecule has 2 aliphatic heterocycles. The zero-order valence-corrected chi connectivity index (χ0v) is 18.2. The monoisotopic (exact) mass is 486 g/mol. The van der Waals surface area contributed by atoms with Gasteiger partial charge in [-0.25, -0.2) is 8.42 Å². The van der Waals surface area contributed by atoms with Gasteiger partial charge >= 0.3 is 0 Å². The number of hydrogen-bond donors (Lipinski definition) is 1. The van der Waals surface area contributed by atoms with Gasteiger partial charge in [0.2, 0.25) is 0 Å². The van der Waals surface area contributed by atoms with Gasteiger partial charge in [-0.2, -0.15) is 0 Å². The smallest absolute Gasteiger partial charge is 0.261 e. The molecule has 0 amide bonds. The first kappa shape index (κ1) is 18.7. The van der Waals surface area contributed by atoms with Crippen LogP contribution in [0.3, 0.4) is 0 Å². The van der Waals surface area contributed by atoms with Crippen molar-refractivity contribution in [2.24, 2.45) is 0 Å². The third-order valence-electron chi connectivity index (χ3n) is 4.79. The minimum atomic E-state index is -3.74. The molecule has 1 atom stereocenters. The maximum absolute atomic E-state index is 13.0. The summed E-state index contributed by atoms with van der Waals surface area (Å²) in [7, 11) is -3.74. The first-order chi connectivity index (χ1) is 14.0. The van der Waals surface area contributed by atoms with Gasteiger partial charge in [0.25, 0.3) is 10.0 Å². The van der Waals surface area contributed by atoms with Gasteiger partial charge in [0.05, 0.1) is 28.6 Å². The molecule has 0 spiro atoms. The predicted octanol–water partition coefficient (Wildman–Crippen LogP) is 5.24. The molecule has 8 heteroatoms. The van der Waals surface area contributed by atoms with Gasteiger partial charge in [0.15, 0.2) is 5.44 Å². The second kappa shape index (κ2) is 7.19. The number of anilines is 1.